The summed E-state index contributed by atoms with van der Waals surface area (Å²) in [5, 5.41) is 124. The molecule has 13 N–H and O–H groups in total. The van der Waals surface area contributed by atoms with E-state index in [0.29, 0.717) is 6.42 Å². The Morgan fingerprint density at radius 2 is 1.00 bits per heavy atom. The summed E-state index contributed by atoms with van der Waals surface area (Å²) >= 11 is 0. The van der Waals surface area contributed by atoms with E-state index in [1.807, 2.05) is 60.7 Å². The van der Waals surface area contributed by atoms with Crippen molar-refractivity contribution in [3.63, 3.8) is 0 Å². The van der Waals surface area contributed by atoms with Crippen molar-refractivity contribution in [3.05, 3.63) is 60.7 Å². The highest BCUT2D eigenvalue weighted by molar-refractivity contribution is 6.99. The second-order valence-electron chi connectivity index (χ2n) is 14.2. The lowest BCUT2D eigenvalue weighted by molar-refractivity contribution is -0.281. The van der Waals surface area contributed by atoms with Crippen LogP contribution in [0.2, 0.25) is 5.04 Å². The fourth-order valence-electron chi connectivity index (χ4n) is 5.84. The van der Waals surface area contributed by atoms with Gasteiger partial charge in [0.25, 0.3) is 8.32 Å². The summed E-state index contributed by atoms with van der Waals surface area (Å²) in [7, 11) is -2.84. The first-order valence-corrected chi connectivity index (χ1v) is 19.9. The van der Waals surface area contributed by atoms with Gasteiger partial charge in [-0.2, -0.15) is 0 Å². The lowest BCUT2D eigenvalue weighted by Gasteiger charge is -2.43. The zero-order chi connectivity index (χ0) is 40.7. The van der Waals surface area contributed by atoms with Crippen LogP contribution in [0.3, 0.4) is 0 Å². The molecular weight excluding hydrogens is 712 g/mol. The maximum absolute atomic E-state index is 10.5. The second kappa shape index (κ2) is 23.2. The second-order valence-corrected chi connectivity index (χ2v) is 18.5. The molecule has 2 aromatic rings. The van der Waals surface area contributed by atoms with E-state index in [9.17, 15) is 30.6 Å². The summed E-state index contributed by atoms with van der Waals surface area (Å²) < 4.78 is 11.4. The molecule has 0 aliphatic carbocycles. The molecule has 0 aromatic heterocycles. The minimum atomic E-state index is -2.84. The number of aliphatic hydroxyl groups excluding tert-OH is 13. The van der Waals surface area contributed by atoms with Crippen LogP contribution in [0.15, 0.2) is 60.7 Å². The van der Waals surface area contributed by atoms with Crippen LogP contribution in [0, 0.1) is 0 Å². The highest BCUT2D eigenvalue weighted by atomic mass is 28.4. The third-order valence-corrected chi connectivity index (χ3v) is 14.3. The predicted octanol–water partition coefficient (Wildman–Crippen LogP) is -2.55. The van der Waals surface area contributed by atoms with Crippen molar-refractivity contribution in [3.8, 4) is 0 Å². The highest BCUT2D eigenvalue weighted by Crippen LogP contribution is 2.37. The first kappa shape index (κ1) is 49.1. The molecule has 53 heavy (non-hydrogen) atoms. The molecule has 3 rings (SSSR count). The number of rotatable bonds is 15. The van der Waals surface area contributed by atoms with Crippen LogP contribution in [0.5, 0.6) is 0 Å². The maximum atomic E-state index is 10.5. The van der Waals surface area contributed by atoms with E-state index in [4.69, 9.17) is 44.9 Å². The van der Waals surface area contributed by atoms with E-state index >= 15 is 0 Å². The number of hydrogen-bond acceptors (Lipinski definition) is 15. The minimum absolute atomic E-state index is 0.151. The number of aliphatic hydroxyl groups is 13. The van der Waals surface area contributed by atoms with Crippen molar-refractivity contribution in [1.82, 2.24) is 0 Å². The average Bonchev–Trinajstić information content (AvgIpc) is 3.17. The van der Waals surface area contributed by atoms with Crippen molar-refractivity contribution in [2.45, 2.75) is 145 Å². The molecule has 13 atom stereocenters. The van der Waals surface area contributed by atoms with E-state index in [-0.39, 0.29) is 24.5 Å². The molecule has 1 aliphatic heterocycles. The molecule has 16 heteroatoms. The van der Waals surface area contributed by atoms with E-state index in [1.165, 1.54) is 0 Å². The molecule has 0 radical (unpaired) electrons. The smallest absolute Gasteiger partial charge is 0.261 e. The van der Waals surface area contributed by atoms with Crippen LogP contribution in [0.4, 0.5) is 0 Å². The molecule has 0 bridgehead atoms. The lowest BCUT2D eigenvalue weighted by atomic mass is 9.97. The van der Waals surface area contributed by atoms with Gasteiger partial charge in [0.2, 0.25) is 0 Å². The van der Waals surface area contributed by atoms with Gasteiger partial charge in [-0.1, -0.05) is 102 Å². The van der Waals surface area contributed by atoms with Crippen LogP contribution in [0.25, 0.3) is 0 Å². The highest BCUT2D eigenvalue weighted by Gasteiger charge is 2.51. The summed E-state index contributed by atoms with van der Waals surface area (Å²) in [4.78, 5) is 0. The maximum Gasteiger partial charge on any atom is 0.261 e. The molecule has 1 heterocycles. The first-order chi connectivity index (χ1) is 24.8. The number of benzene rings is 2. The van der Waals surface area contributed by atoms with Crippen molar-refractivity contribution in [2.24, 2.45) is 0 Å². The standard InChI is InChI=1S/C23H34O5Si.C7H14O5.C7H16O5/c1-5-19(24)21(26)22(27)20(25)16-28-29(23(2,3)4,17-12-8-6-9-13-17)18-14-10-7-11-15-18;1-2-3-4(8)5(9)6(10)7(11)12-3;1-2-4(9)6(11)7(12)5(10)3-8/h6-15,19-22,24-27H,5,16H2,1-4H3;3-11H,2H2,1H3;4-12H,2-3H2,1H3. The van der Waals surface area contributed by atoms with Crippen LogP contribution >= 0.6 is 0 Å². The average molecular weight is 777 g/mol. The summed E-state index contributed by atoms with van der Waals surface area (Å²) in [5.41, 5.74) is 0. The number of hydrogen-bond donors (Lipinski definition) is 13. The van der Waals surface area contributed by atoms with Gasteiger partial charge in [0.05, 0.1) is 31.5 Å². The zero-order valence-corrected chi connectivity index (χ0v) is 32.4. The summed E-state index contributed by atoms with van der Waals surface area (Å²) in [5.74, 6) is 0. The Labute approximate surface area is 313 Å². The van der Waals surface area contributed by atoms with Crippen LogP contribution in [0.1, 0.15) is 60.8 Å². The molecule has 1 fully saturated rings. The Morgan fingerprint density at radius 1 is 0.604 bits per heavy atom. The third kappa shape index (κ3) is 13.3. The Bertz CT molecular complexity index is 1180. The van der Waals surface area contributed by atoms with E-state index < -0.39 is 94.5 Å². The molecule has 1 aliphatic rings. The molecule has 0 spiro atoms. The molecule has 306 valence electrons. The molecule has 0 saturated carbocycles. The monoisotopic (exact) mass is 776 g/mol. The topological polar surface area (TPSA) is 281 Å². The first-order valence-electron chi connectivity index (χ1n) is 17.9. The summed E-state index contributed by atoms with van der Waals surface area (Å²) in [6.45, 7) is 10.7. The van der Waals surface area contributed by atoms with Crippen molar-refractivity contribution < 1.29 is 75.5 Å². The van der Waals surface area contributed by atoms with Crippen LogP contribution in [-0.2, 0) is 9.16 Å². The van der Waals surface area contributed by atoms with Gasteiger partial charge >= 0.3 is 0 Å². The Balaban J connectivity index is 0.000000480. The zero-order valence-electron chi connectivity index (χ0n) is 31.4. The van der Waals surface area contributed by atoms with E-state index in [2.05, 4.69) is 20.8 Å². The van der Waals surface area contributed by atoms with Gasteiger partial charge < -0.3 is 75.5 Å². The largest absolute Gasteiger partial charge is 0.405 e. The van der Waals surface area contributed by atoms with Gasteiger partial charge in [-0.3, -0.25) is 0 Å². The van der Waals surface area contributed by atoms with Gasteiger partial charge in [0, 0.05) is 0 Å². The molecule has 0 amide bonds. The van der Waals surface area contributed by atoms with Gasteiger partial charge in [0.15, 0.2) is 6.29 Å². The minimum Gasteiger partial charge on any atom is -0.405 e. The lowest BCUT2D eigenvalue weighted by Crippen LogP contribution is -2.67. The summed E-state index contributed by atoms with van der Waals surface area (Å²) in [6, 6.07) is 20.0. The van der Waals surface area contributed by atoms with E-state index in [1.54, 1.807) is 20.8 Å². The normalized spacial score (nSPS) is 25.2. The van der Waals surface area contributed by atoms with E-state index in [0.717, 1.165) is 10.4 Å². The van der Waals surface area contributed by atoms with Gasteiger partial charge in [-0.25, -0.2) is 0 Å². The SMILES string of the molecule is CCC(O)C(O)C(O)C(O)CO.CCC(O)C(O)C(O)C(O)CO[Si](c1ccccc1)(c1ccccc1)C(C)(C)C.CCC1OC(O)C(O)C(O)C1O. The quantitative estimate of drug-likeness (QED) is 0.0830. The van der Waals surface area contributed by atoms with Crippen molar-refractivity contribution in [2.75, 3.05) is 13.2 Å². The molecule has 2 aromatic carbocycles. The predicted molar refractivity (Wildman–Crippen MR) is 198 cm³/mol. The van der Waals surface area contributed by atoms with Gasteiger partial charge in [-0.05, 0) is 34.7 Å². The Kier molecular flexibility index (Phi) is 21.5. The van der Waals surface area contributed by atoms with Crippen LogP contribution in [-0.4, -0.2) is 167 Å². The Hall–Kier alpha value is -1.94. The molecular formula is C37H64O15Si. The third-order valence-electron chi connectivity index (χ3n) is 9.28. The number of ether oxygens (including phenoxy) is 1. The Morgan fingerprint density at radius 3 is 1.36 bits per heavy atom. The molecule has 13 unspecified atom stereocenters. The fourth-order valence-corrected chi connectivity index (χ4v) is 10.4. The van der Waals surface area contributed by atoms with Crippen LogP contribution < -0.4 is 10.4 Å². The van der Waals surface area contributed by atoms with Crippen molar-refractivity contribution >= 4 is 18.7 Å². The fraction of sp³-hybridized carbons (Fsp3) is 0.676. The van der Waals surface area contributed by atoms with Gasteiger partial charge in [-0.15, -0.1) is 0 Å². The van der Waals surface area contributed by atoms with Gasteiger partial charge in [0.1, 0.15) is 54.9 Å². The molecule has 15 nitrogen and oxygen atoms in total. The van der Waals surface area contributed by atoms with Crippen molar-refractivity contribution in [1.29, 1.82) is 0 Å². The molecule has 1 saturated heterocycles. The summed E-state index contributed by atoms with van der Waals surface area (Å²) in [6.07, 6.45) is -15.7.